The molecule has 1 saturated heterocycles. The van der Waals surface area contributed by atoms with E-state index in [1.54, 1.807) is 12.1 Å². The summed E-state index contributed by atoms with van der Waals surface area (Å²) in [6, 6.07) is 8.09. The van der Waals surface area contributed by atoms with Crippen molar-refractivity contribution in [1.82, 2.24) is 9.80 Å². The second-order valence-corrected chi connectivity index (χ2v) is 14.3. The van der Waals surface area contributed by atoms with E-state index < -0.39 is 40.9 Å². The van der Waals surface area contributed by atoms with Crippen LogP contribution in [0.4, 0.5) is 13.2 Å². The number of alkyl halides is 3. The van der Waals surface area contributed by atoms with Gasteiger partial charge in [0.05, 0.1) is 22.6 Å². The smallest absolute Gasteiger partial charge is 0.416 e. The van der Waals surface area contributed by atoms with Crippen LogP contribution < -0.4 is 9.47 Å². The van der Waals surface area contributed by atoms with Gasteiger partial charge in [0.1, 0.15) is 6.10 Å². The van der Waals surface area contributed by atoms with Gasteiger partial charge in [0, 0.05) is 37.7 Å². The largest absolute Gasteiger partial charge is 0.483 e. The summed E-state index contributed by atoms with van der Waals surface area (Å²) in [5.74, 6) is 0.303. The molecule has 2 unspecified atom stereocenters. The molecular weight excluding hydrogens is 621 g/mol. The normalized spacial score (nSPS) is 29.6. The minimum Gasteiger partial charge on any atom is -0.483 e. The van der Waals surface area contributed by atoms with Crippen LogP contribution >= 0.6 is 0 Å². The van der Waals surface area contributed by atoms with Crippen LogP contribution in [0.1, 0.15) is 80.5 Å². The molecule has 256 valence electrons. The number of nitrogens with zero attached hydrogens (tertiary/aromatic N) is 2. The lowest BCUT2D eigenvalue weighted by Gasteiger charge is -2.64. The van der Waals surface area contributed by atoms with E-state index in [-0.39, 0.29) is 23.4 Å². The Hall–Kier alpha value is -3.63. The molecule has 7 nitrogen and oxygen atoms in total. The fourth-order valence-electron chi connectivity index (χ4n) is 9.65. The standard InChI is InChI=1S/C38H43F3N2O5/c1-3-19-42-20-18-36-33-27-13-14-30(47-24(2)44)34(33)48-35(36)29(16-17-37(36,46)31(42)22-27)43(23-26-8-5-4-6-9-26)32(45)15-12-25-10-7-11-28(21-25)38(39,40)41/h3,7,10-15,21,26,29,31,35,46H,1,4-6,8-9,16-20,22-23H2,2H3/b15-12+/t29?,31-,35?,36+,37-/m1/s1. The van der Waals surface area contributed by atoms with Crippen LogP contribution in [0.15, 0.2) is 55.1 Å². The molecule has 1 N–H and O–H groups in total. The van der Waals surface area contributed by atoms with Gasteiger partial charge in [-0.15, -0.1) is 6.58 Å². The molecule has 0 radical (unpaired) electrons. The molecular formula is C38H43F3N2O5. The van der Waals surface area contributed by atoms with Crippen molar-refractivity contribution < 1.29 is 37.3 Å². The number of aliphatic hydroxyl groups is 1. The number of benzene rings is 2. The maximum atomic E-state index is 14.3. The van der Waals surface area contributed by atoms with Crippen molar-refractivity contribution in [3.05, 3.63) is 77.4 Å². The van der Waals surface area contributed by atoms with E-state index >= 15 is 0 Å². The summed E-state index contributed by atoms with van der Waals surface area (Å²) in [6.45, 7) is 7.14. The van der Waals surface area contributed by atoms with Crippen molar-refractivity contribution in [3.63, 3.8) is 0 Å². The van der Waals surface area contributed by atoms with Gasteiger partial charge in [-0.05, 0) is 86.4 Å². The first-order chi connectivity index (χ1) is 23.0. The molecule has 2 aromatic rings. The zero-order valence-corrected chi connectivity index (χ0v) is 27.3. The molecule has 1 spiro atoms. The number of piperidine rings is 1. The third-order valence-corrected chi connectivity index (χ3v) is 11.6. The van der Waals surface area contributed by atoms with Crippen LogP contribution in [0.3, 0.4) is 0 Å². The zero-order chi connectivity index (χ0) is 33.8. The molecule has 10 heteroatoms. The monoisotopic (exact) mass is 664 g/mol. The van der Waals surface area contributed by atoms with Crippen molar-refractivity contribution in [2.75, 3.05) is 19.6 Å². The van der Waals surface area contributed by atoms with E-state index in [9.17, 15) is 27.9 Å². The summed E-state index contributed by atoms with van der Waals surface area (Å²) in [4.78, 5) is 30.6. The van der Waals surface area contributed by atoms with E-state index in [4.69, 9.17) is 9.47 Å². The molecule has 2 aromatic carbocycles. The lowest BCUT2D eigenvalue weighted by molar-refractivity contribution is -0.200. The van der Waals surface area contributed by atoms with Gasteiger partial charge in [0.2, 0.25) is 5.91 Å². The first kappa shape index (κ1) is 32.9. The maximum Gasteiger partial charge on any atom is 0.416 e. The molecule has 5 atom stereocenters. The molecule has 1 amide bonds. The van der Waals surface area contributed by atoms with Crippen molar-refractivity contribution in [1.29, 1.82) is 0 Å². The summed E-state index contributed by atoms with van der Waals surface area (Å²) in [5, 5.41) is 12.9. The average Bonchev–Trinajstić information content (AvgIpc) is 3.41. The number of hydrogen-bond acceptors (Lipinski definition) is 6. The van der Waals surface area contributed by atoms with Crippen molar-refractivity contribution in [2.45, 2.75) is 100 Å². The second-order valence-electron chi connectivity index (χ2n) is 14.3. The molecule has 5 aliphatic rings. The molecule has 2 aliphatic heterocycles. The maximum absolute atomic E-state index is 14.3. The van der Waals surface area contributed by atoms with Gasteiger partial charge in [-0.1, -0.05) is 43.5 Å². The van der Waals surface area contributed by atoms with Gasteiger partial charge in [-0.2, -0.15) is 13.2 Å². The van der Waals surface area contributed by atoms with Crippen LogP contribution in [0.5, 0.6) is 11.5 Å². The molecule has 2 bridgehead atoms. The number of carbonyl (C=O) groups is 2. The fraction of sp³-hybridized carbons (Fsp3) is 0.526. The summed E-state index contributed by atoms with van der Waals surface area (Å²) in [7, 11) is 0. The van der Waals surface area contributed by atoms with Crippen LogP contribution in [0.2, 0.25) is 0 Å². The Morgan fingerprint density at radius 2 is 1.94 bits per heavy atom. The molecule has 0 aromatic heterocycles. The minimum atomic E-state index is -4.49. The van der Waals surface area contributed by atoms with E-state index in [2.05, 4.69) is 11.5 Å². The Morgan fingerprint density at radius 3 is 2.67 bits per heavy atom. The summed E-state index contributed by atoms with van der Waals surface area (Å²) < 4.78 is 52.8. The van der Waals surface area contributed by atoms with Gasteiger partial charge in [0.15, 0.2) is 11.5 Å². The van der Waals surface area contributed by atoms with Gasteiger partial charge in [-0.25, -0.2) is 0 Å². The van der Waals surface area contributed by atoms with Crippen molar-refractivity contribution in [3.8, 4) is 11.5 Å². The third-order valence-electron chi connectivity index (χ3n) is 11.6. The summed E-state index contributed by atoms with van der Waals surface area (Å²) in [5.41, 5.74) is -0.548. The number of amides is 1. The highest BCUT2D eigenvalue weighted by molar-refractivity contribution is 5.92. The minimum absolute atomic E-state index is 0.183. The average molecular weight is 665 g/mol. The molecule has 3 fully saturated rings. The Balaban J connectivity index is 1.30. The number of carbonyl (C=O) groups excluding carboxylic acids is 2. The van der Waals surface area contributed by atoms with Crippen molar-refractivity contribution >= 4 is 18.0 Å². The molecule has 3 aliphatic carbocycles. The highest BCUT2D eigenvalue weighted by atomic mass is 19.4. The molecule has 2 heterocycles. The lowest BCUT2D eigenvalue weighted by atomic mass is 9.48. The van der Waals surface area contributed by atoms with Gasteiger partial charge in [-0.3, -0.25) is 14.5 Å². The Bertz CT molecular complexity index is 1630. The fourth-order valence-corrected chi connectivity index (χ4v) is 9.65. The SMILES string of the molecule is C=CCN1CC[C@]23c4c5ccc(OC(C)=O)c4OC2C(N(CC2CCCCC2)C(=O)/C=C/c2cccc(C(F)(F)F)c2)CC[C@@]3(O)[C@H]1C5. The Kier molecular flexibility index (Phi) is 8.47. The summed E-state index contributed by atoms with van der Waals surface area (Å²) in [6.07, 6.45) is 7.05. The number of rotatable bonds is 8. The van der Waals surface area contributed by atoms with Crippen LogP contribution in [-0.2, 0) is 27.6 Å². The molecule has 7 rings (SSSR count). The van der Waals surface area contributed by atoms with Crippen molar-refractivity contribution in [2.24, 2.45) is 5.92 Å². The number of halogens is 3. The number of esters is 1. The lowest BCUT2D eigenvalue weighted by Crippen LogP contribution is -2.78. The predicted octanol–water partition coefficient (Wildman–Crippen LogP) is 6.46. The number of likely N-dealkylation sites (tertiary alicyclic amines) is 1. The highest BCUT2D eigenvalue weighted by Crippen LogP contribution is 2.66. The van der Waals surface area contributed by atoms with Gasteiger partial charge < -0.3 is 19.5 Å². The van der Waals surface area contributed by atoms with E-state index in [0.29, 0.717) is 56.8 Å². The van der Waals surface area contributed by atoms with Gasteiger partial charge >= 0.3 is 12.1 Å². The number of hydrogen-bond donors (Lipinski definition) is 1. The summed E-state index contributed by atoms with van der Waals surface area (Å²) >= 11 is 0. The first-order valence-electron chi connectivity index (χ1n) is 17.2. The topological polar surface area (TPSA) is 79.3 Å². The first-order valence-corrected chi connectivity index (χ1v) is 17.2. The van der Waals surface area contributed by atoms with Crippen LogP contribution in [0.25, 0.3) is 6.08 Å². The van der Waals surface area contributed by atoms with E-state index in [1.807, 2.05) is 17.0 Å². The number of ether oxygens (including phenoxy) is 2. The van der Waals surface area contributed by atoms with Gasteiger partial charge in [0.25, 0.3) is 0 Å². The highest BCUT2D eigenvalue weighted by Gasteiger charge is 2.73. The zero-order valence-electron chi connectivity index (χ0n) is 27.3. The quantitative estimate of drug-likeness (QED) is 0.151. The third kappa shape index (κ3) is 5.35. The predicted molar refractivity (Wildman–Crippen MR) is 174 cm³/mol. The Morgan fingerprint density at radius 1 is 1.15 bits per heavy atom. The van der Waals surface area contributed by atoms with Crippen LogP contribution in [-0.4, -0.2) is 70.2 Å². The molecule has 2 saturated carbocycles. The second kappa shape index (κ2) is 12.4. The van der Waals surface area contributed by atoms with Crippen LogP contribution in [0, 0.1) is 5.92 Å². The Labute approximate surface area is 279 Å². The molecule has 48 heavy (non-hydrogen) atoms. The van der Waals surface area contributed by atoms with E-state index in [0.717, 1.165) is 55.4 Å². The van der Waals surface area contributed by atoms with E-state index in [1.165, 1.54) is 25.1 Å².